The van der Waals surface area contributed by atoms with Crippen LogP contribution in [0.25, 0.3) is 0 Å². The predicted molar refractivity (Wildman–Crippen MR) is 63.1 cm³/mol. The fourth-order valence-corrected chi connectivity index (χ4v) is 2.16. The lowest BCUT2D eigenvalue weighted by Crippen LogP contribution is -2.46. The lowest BCUT2D eigenvalue weighted by Gasteiger charge is -2.37. The number of hydrogen-bond acceptors (Lipinski definition) is 1. The standard InChI is InChI=1S/C12H15F2N.ClH/c1-12(8-11(14)6-7-15-12)9-2-4-10(13)5-3-9;/h2-5,11,15H,6-8H2,1H3;1H. The van der Waals surface area contributed by atoms with Crippen LogP contribution in [0.5, 0.6) is 0 Å². The van der Waals surface area contributed by atoms with Crippen LogP contribution in [0.4, 0.5) is 8.78 Å². The molecule has 1 aliphatic heterocycles. The van der Waals surface area contributed by atoms with Crippen LogP contribution in [0.3, 0.4) is 0 Å². The van der Waals surface area contributed by atoms with E-state index in [2.05, 4.69) is 5.32 Å². The van der Waals surface area contributed by atoms with Crippen molar-refractivity contribution in [3.05, 3.63) is 35.6 Å². The fraction of sp³-hybridized carbons (Fsp3) is 0.500. The maximum absolute atomic E-state index is 13.3. The molecule has 0 radical (unpaired) electrons. The van der Waals surface area contributed by atoms with Gasteiger partial charge in [0, 0.05) is 12.0 Å². The molecule has 0 saturated carbocycles. The van der Waals surface area contributed by atoms with E-state index >= 15 is 0 Å². The Kier molecular flexibility index (Phi) is 4.28. The third-order valence-electron chi connectivity index (χ3n) is 3.08. The smallest absolute Gasteiger partial charge is 0.123 e. The van der Waals surface area contributed by atoms with E-state index in [1.54, 1.807) is 12.1 Å². The third-order valence-corrected chi connectivity index (χ3v) is 3.08. The summed E-state index contributed by atoms with van der Waals surface area (Å²) in [6, 6.07) is 6.29. The van der Waals surface area contributed by atoms with Crippen LogP contribution in [-0.2, 0) is 5.54 Å². The van der Waals surface area contributed by atoms with Gasteiger partial charge in [-0.3, -0.25) is 0 Å². The molecular weight excluding hydrogens is 232 g/mol. The number of alkyl halides is 1. The first-order valence-corrected chi connectivity index (χ1v) is 5.25. The van der Waals surface area contributed by atoms with Gasteiger partial charge in [-0.1, -0.05) is 12.1 Å². The summed E-state index contributed by atoms with van der Waals surface area (Å²) in [6.45, 7) is 2.64. The molecule has 0 amide bonds. The summed E-state index contributed by atoms with van der Waals surface area (Å²) < 4.78 is 26.1. The van der Waals surface area contributed by atoms with Crippen LogP contribution in [0.2, 0.25) is 0 Å². The molecule has 16 heavy (non-hydrogen) atoms. The van der Waals surface area contributed by atoms with E-state index in [4.69, 9.17) is 0 Å². The van der Waals surface area contributed by atoms with Gasteiger partial charge in [0.2, 0.25) is 0 Å². The molecule has 90 valence electrons. The molecule has 2 atom stereocenters. The molecule has 0 aliphatic carbocycles. The molecule has 1 aliphatic rings. The Balaban J connectivity index is 0.00000128. The summed E-state index contributed by atoms with van der Waals surface area (Å²) in [4.78, 5) is 0. The molecular formula is C12H16ClF2N. The van der Waals surface area contributed by atoms with E-state index in [9.17, 15) is 8.78 Å². The second-order valence-electron chi connectivity index (χ2n) is 4.36. The molecule has 1 aromatic rings. The van der Waals surface area contributed by atoms with Crippen LogP contribution in [0, 0.1) is 5.82 Å². The van der Waals surface area contributed by atoms with Crippen molar-refractivity contribution in [2.45, 2.75) is 31.5 Å². The van der Waals surface area contributed by atoms with Gasteiger partial charge in [-0.25, -0.2) is 8.78 Å². The number of benzene rings is 1. The Morgan fingerprint density at radius 2 is 1.94 bits per heavy atom. The molecule has 4 heteroatoms. The monoisotopic (exact) mass is 247 g/mol. The maximum atomic E-state index is 13.3. The first-order chi connectivity index (χ1) is 7.10. The second-order valence-corrected chi connectivity index (χ2v) is 4.36. The molecule has 1 fully saturated rings. The van der Waals surface area contributed by atoms with Crippen molar-refractivity contribution < 1.29 is 8.78 Å². The number of halogens is 3. The highest BCUT2D eigenvalue weighted by Gasteiger charge is 2.33. The number of nitrogens with one attached hydrogen (secondary N) is 1. The van der Waals surface area contributed by atoms with Crippen LogP contribution < -0.4 is 5.32 Å². The first kappa shape index (κ1) is 13.4. The van der Waals surface area contributed by atoms with Crippen molar-refractivity contribution >= 4 is 12.4 Å². The normalized spacial score (nSPS) is 29.6. The van der Waals surface area contributed by atoms with E-state index in [1.807, 2.05) is 6.92 Å². The van der Waals surface area contributed by atoms with Gasteiger partial charge in [0.1, 0.15) is 12.0 Å². The first-order valence-electron chi connectivity index (χ1n) is 5.25. The maximum Gasteiger partial charge on any atom is 0.123 e. The molecule has 0 spiro atoms. The van der Waals surface area contributed by atoms with Gasteiger partial charge in [0.25, 0.3) is 0 Å². The lowest BCUT2D eigenvalue weighted by atomic mass is 9.83. The van der Waals surface area contributed by atoms with Crippen molar-refractivity contribution in [1.82, 2.24) is 5.32 Å². The fourth-order valence-electron chi connectivity index (χ4n) is 2.16. The van der Waals surface area contributed by atoms with Crippen LogP contribution >= 0.6 is 12.4 Å². The molecule has 1 nitrogen and oxygen atoms in total. The van der Waals surface area contributed by atoms with E-state index in [0.717, 1.165) is 5.56 Å². The predicted octanol–water partition coefficient (Wildman–Crippen LogP) is 3.18. The minimum Gasteiger partial charge on any atom is -0.307 e. The highest BCUT2D eigenvalue weighted by atomic mass is 35.5. The molecule has 1 heterocycles. The van der Waals surface area contributed by atoms with Gasteiger partial charge in [-0.2, -0.15) is 0 Å². The van der Waals surface area contributed by atoms with Crippen molar-refractivity contribution in [2.75, 3.05) is 6.54 Å². The lowest BCUT2D eigenvalue weighted by molar-refractivity contribution is 0.165. The number of piperidine rings is 1. The average Bonchev–Trinajstić information content (AvgIpc) is 2.18. The Bertz CT molecular complexity index is 341. The average molecular weight is 248 g/mol. The van der Waals surface area contributed by atoms with Crippen molar-refractivity contribution in [1.29, 1.82) is 0 Å². The largest absolute Gasteiger partial charge is 0.307 e. The van der Waals surface area contributed by atoms with Gasteiger partial charge in [-0.05, 0) is 37.6 Å². The quantitative estimate of drug-likeness (QED) is 0.804. The summed E-state index contributed by atoms with van der Waals surface area (Å²) in [5, 5.41) is 3.30. The zero-order valence-corrected chi connectivity index (χ0v) is 9.99. The van der Waals surface area contributed by atoms with Gasteiger partial charge < -0.3 is 5.32 Å². The van der Waals surface area contributed by atoms with Crippen molar-refractivity contribution in [3.63, 3.8) is 0 Å². The minimum atomic E-state index is -0.763. The highest BCUT2D eigenvalue weighted by molar-refractivity contribution is 5.85. The van der Waals surface area contributed by atoms with Gasteiger partial charge in [0.05, 0.1) is 0 Å². The molecule has 0 bridgehead atoms. The molecule has 1 N–H and O–H groups in total. The minimum absolute atomic E-state index is 0. The molecule has 2 unspecified atom stereocenters. The summed E-state index contributed by atoms with van der Waals surface area (Å²) in [6.07, 6.45) is 0.261. The van der Waals surface area contributed by atoms with Crippen LogP contribution in [0.15, 0.2) is 24.3 Å². The zero-order valence-electron chi connectivity index (χ0n) is 9.17. The molecule has 2 rings (SSSR count). The molecule has 1 aromatic carbocycles. The second kappa shape index (κ2) is 5.11. The van der Waals surface area contributed by atoms with Crippen molar-refractivity contribution in [3.8, 4) is 0 Å². The Labute approximate surface area is 101 Å². The van der Waals surface area contributed by atoms with Gasteiger partial charge in [0.15, 0.2) is 0 Å². The van der Waals surface area contributed by atoms with E-state index in [1.165, 1.54) is 12.1 Å². The Morgan fingerprint density at radius 1 is 1.31 bits per heavy atom. The number of hydrogen-bond donors (Lipinski definition) is 1. The van der Waals surface area contributed by atoms with Gasteiger partial charge >= 0.3 is 0 Å². The van der Waals surface area contributed by atoms with E-state index < -0.39 is 6.17 Å². The van der Waals surface area contributed by atoms with E-state index in [0.29, 0.717) is 19.4 Å². The summed E-state index contributed by atoms with van der Waals surface area (Å²) in [5.41, 5.74) is 0.594. The SMILES string of the molecule is CC1(c2ccc(F)cc2)CC(F)CCN1.Cl. The summed E-state index contributed by atoms with van der Waals surface area (Å²) in [5.74, 6) is -0.255. The molecule has 1 saturated heterocycles. The van der Waals surface area contributed by atoms with Crippen LogP contribution in [-0.4, -0.2) is 12.7 Å². The topological polar surface area (TPSA) is 12.0 Å². The number of rotatable bonds is 1. The molecule has 0 aromatic heterocycles. The van der Waals surface area contributed by atoms with Crippen LogP contribution in [0.1, 0.15) is 25.3 Å². The zero-order chi connectivity index (χ0) is 10.9. The summed E-state index contributed by atoms with van der Waals surface area (Å²) >= 11 is 0. The van der Waals surface area contributed by atoms with Gasteiger partial charge in [-0.15, -0.1) is 12.4 Å². The highest BCUT2D eigenvalue weighted by Crippen LogP contribution is 2.31. The summed E-state index contributed by atoms with van der Waals surface area (Å²) in [7, 11) is 0. The Morgan fingerprint density at radius 3 is 2.50 bits per heavy atom. The van der Waals surface area contributed by atoms with Crippen molar-refractivity contribution in [2.24, 2.45) is 0 Å². The van der Waals surface area contributed by atoms with E-state index in [-0.39, 0.29) is 23.8 Å². The Hall–Kier alpha value is -0.670. The third kappa shape index (κ3) is 2.71.